The van der Waals surface area contributed by atoms with Crippen molar-refractivity contribution in [3.05, 3.63) is 60.7 Å². The first-order valence-corrected chi connectivity index (χ1v) is 41.0. The van der Waals surface area contributed by atoms with Gasteiger partial charge in [0.2, 0.25) is 11.8 Å². The third-order valence-corrected chi connectivity index (χ3v) is 20.3. The second-order valence-electron chi connectivity index (χ2n) is 26.5. The summed E-state index contributed by atoms with van der Waals surface area (Å²) in [6, 6.07) is 16.9. The number of esters is 2. The summed E-state index contributed by atoms with van der Waals surface area (Å²) in [5, 5.41) is 3.17. The Morgan fingerprint density at radius 1 is 0.611 bits per heavy atom. The standard InChI is InChI=1S/C72H123N2O14PSi/c1-7-10-13-16-19-22-25-27-30-35-42-61(43-36-31-28-26-23-20-17-14-11-8-2)72(78)85-70-65(73-67(75)57-64(84-60-81-55-56-90(4,5)6)48-37-32-29-24-21-18-15-12-9-3)58-82-66(59-83-69(77)50-49-68(76)74-51-53-80-54-52-74)71(70)88-89(79,86-62-44-38-33-39-45-62)87-63-46-40-34-41-47-63/h33-34,38-41,44-47,61,64-66,70-71H,7-32,35-37,42-43,48-60H2,1-6H3,(H,73,75)/t64-,65+,66-,70-,71-/m1/s1. The van der Waals surface area contributed by atoms with Crippen LogP contribution in [0, 0.1) is 5.92 Å². The van der Waals surface area contributed by atoms with Crippen molar-refractivity contribution < 1.29 is 65.7 Å². The molecule has 0 unspecified atom stereocenters. The van der Waals surface area contributed by atoms with Gasteiger partial charge in [0.1, 0.15) is 37.1 Å². The van der Waals surface area contributed by atoms with Gasteiger partial charge in [-0.3, -0.25) is 23.7 Å². The smallest absolute Gasteiger partial charge is 0.463 e. The van der Waals surface area contributed by atoms with Crippen LogP contribution in [0.4, 0.5) is 0 Å². The number of benzene rings is 2. The summed E-state index contributed by atoms with van der Waals surface area (Å²) in [6.45, 7) is 15.4. The third kappa shape index (κ3) is 36.6. The summed E-state index contributed by atoms with van der Waals surface area (Å²) in [6.07, 6.45) is 30.7. The van der Waals surface area contributed by atoms with E-state index in [9.17, 15) is 14.4 Å². The Bertz CT molecular complexity index is 2130. The van der Waals surface area contributed by atoms with E-state index in [1.165, 1.54) is 116 Å². The highest BCUT2D eigenvalue weighted by molar-refractivity contribution is 7.49. The van der Waals surface area contributed by atoms with Gasteiger partial charge in [-0.15, -0.1) is 0 Å². The number of hydrogen-bond acceptors (Lipinski definition) is 14. The molecule has 0 radical (unpaired) electrons. The van der Waals surface area contributed by atoms with E-state index >= 15 is 9.36 Å². The average molecular weight is 1300 g/mol. The molecular weight excluding hydrogens is 1180 g/mol. The first-order valence-electron chi connectivity index (χ1n) is 35.8. The number of phosphoric acid groups is 1. The van der Waals surface area contributed by atoms with Gasteiger partial charge in [-0.2, -0.15) is 0 Å². The number of morpholine rings is 1. The Labute approximate surface area is 545 Å². The van der Waals surface area contributed by atoms with Crippen LogP contribution in [0.2, 0.25) is 25.7 Å². The molecule has 0 bridgehead atoms. The molecule has 2 aliphatic heterocycles. The zero-order valence-electron chi connectivity index (χ0n) is 57.0. The summed E-state index contributed by atoms with van der Waals surface area (Å²) in [5.41, 5.74) is 0. The van der Waals surface area contributed by atoms with Crippen LogP contribution < -0.4 is 14.4 Å². The van der Waals surface area contributed by atoms with Gasteiger partial charge in [0, 0.05) is 34.2 Å². The van der Waals surface area contributed by atoms with Crippen LogP contribution in [0.15, 0.2) is 60.7 Å². The molecule has 2 aliphatic rings. The van der Waals surface area contributed by atoms with E-state index in [0.717, 1.165) is 76.7 Å². The minimum absolute atomic E-state index is 0.00582. The Morgan fingerprint density at radius 2 is 1.08 bits per heavy atom. The molecule has 90 heavy (non-hydrogen) atoms. The van der Waals surface area contributed by atoms with Gasteiger partial charge in [0.25, 0.3) is 0 Å². The van der Waals surface area contributed by atoms with Gasteiger partial charge in [-0.1, -0.05) is 263 Å². The Hall–Kier alpha value is -3.83. The van der Waals surface area contributed by atoms with Crippen molar-refractivity contribution in [3.63, 3.8) is 0 Å². The van der Waals surface area contributed by atoms with Crippen LogP contribution in [0.5, 0.6) is 11.5 Å². The number of para-hydroxylation sites is 2. The lowest BCUT2D eigenvalue weighted by Crippen LogP contribution is -2.62. The van der Waals surface area contributed by atoms with Crippen molar-refractivity contribution in [2.75, 3.05) is 52.9 Å². The zero-order chi connectivity index (χ0) is 64.8. The lowest BCUT2D eigenvalue weighted by Gasteiger charge is -2.42. The van der Waals surface area contributed by atoms with Crippen molar-refractivity contribution in [2.24, 2.45) is 5.92 Å². The Balaban J connectivity index is 1.69. The minimum Gasteiger partial charge on any atom is -0.463 e. The molecule has 5 atom stereocenters. The topological polar surface area (TPSA) is 184 Å². The normalized spacial score (nSPS) is 17.5. The fraction of sp³-hybridized carbons (Fsp3) is 0.778. The van der Waals surface area contributed by atoms with E-state index in [4.69, 9.17) is 42.0 Å². The van der Waals surface area contributed by atoms with Crippen LogP contribution in [0.1, 0.15) is 245 Å². The molecule has 18 heteroatoms. The number of ether oxygens (including phenoxy) is 6. The van der Waals surface area contributed by atoms with Crippen LogP contribution in [0.3, 0.4) is 0 Å². The quantitative estimate of drug-likeness (QED) is 0.0217. The lowest BCUT2D eigenvalue weighted by molar-refractivity contribution is -0.195. The summed E-state index contributed by atoms with van der Waals surface area (Å²) < 4.78 is 71.8. The minimum atomic E-state index is -4.80. The molecule has 0 aliphatic carbocycles. The number of nitrogens with zero attached hydrogens (tertiary/aromatic N) is 1. The largest absolute Gasteiger partial charge is 0.588 e. The second kappa shape index (κ2) is 48.8. The molecule has 0 aromatic heterocycles. The summed E-state index contributed by atoms with van der Waals surface area (Å²) in [7, 11) is -6.16. The Kier molecular flexibility index (Phi) is 42.6. The molecule has 2 saturated heterocycles. The monoisotopic (exact) mass is 1300 g/mol. The maximum absolute atomic E-state index is 15.6. The predicted octanol–water partition coefficient (Wildman–Crippen LogP) is 17.9. The number of unbranched alkanes of at least 4 members (excludes halogenated alkanes) is 26. The fourth-order valence-corrected chi connectivity index (χ4v) is 13.8. The molecule has 4 rings (SSSR count). The van der Waals surface area contributed by atoms with Crippen LogP contribution in [-0.4, -0.2) is 120 Å². The van der Waals surface area contributed by atoms with Gasteiger partial charge in [0.05, 0.1) is 50.7 Å². The van der Waals surface area contributed by atoms with Gasteiger partial charge in [0.15, 0.2) is 6.10 Å². The van der Waals surface area contributed by atoms with E-state index in [2.05, 4.69) is 45.7 Å². The first-order chi connectivity index (χ1) is 43.7. The molecule has 16 nitrogen and oxygen atoms in total. The number of carbonyl (C=O) groups excluding carboxylic acids is 4. The molecule has 2 fully saturated rings. The van der Waals surface area contributed by atoms with E-state index < -0.39 is 70.8 Å². The number of hydrogen-bond donors (Lipinski definition) is 1. The van der Waals surface area contributed by atoms with Gasteiger partial charge in [-0.25, -0.2) is 4.57 Å². The fourth-order valence-electron chi connectivity index (χ4n) is 11.6. The molecule has 1 N–H and O–H groups in total. The van der Waals surface area contributed by atoms with E-state index in [1.807, 2.05) is 0 Å². The highest BCUT2D eigenvalue weighted by Crippen LogP contribution is 2.52. The molecule has 2 amide bonds. The zero-order valence-corrected chi connectivity index (χ0v) is 58.9. The molecule has 0 spiro atoms. The molecule has 2 aromatic rings. The third-order valence-electron chi connectivity index (χ3n) is 17.2. The summed E-state index contributed by atoms with van der Waals surface area (Å²) in [4.78, 5) is 58.5. The summed E-state index contributed by atoms with van der Waals surface area (Å²) in [5.74, 6) is -1.79. The number of carbonyl (C=O) groups is 4. The van der Waals surface area contributed by atoms with Crippen molar-refractivity contribution in [1.29, 1.82) is 0 Å². The molecule has 0 saturated carbocycles. The highest BCUT2D eigenvalue weighted by Gasteiger charge is 2.51. The van der Waals surface area contributed by atoms with Gasteiger partial charge >= 0.3 is 19.8 Å². The lowest BCUT2D eigenvalue weighted by atomic mass is 9.93. The van der Waals surface area contributed by atoms with Crippen LogP contribution in [-0.2, 0) is 56.7 Å². The van der Waals surface area contributed by atoms with E-state index in [0.29, 0.717) is 52.2 Å². The second-order valence-corrected chi connectivity index (χ2v) is 33.6. The molecule has 2 aromatic carbocycles. The predicted molar refractivity (Wildman–Crippen MR) is 362 cm³/mol. The average Bonchev–Trinajstić information content (AvgIpc) is 0.997. The van der Waals surface area contributed by atoms with E-state index in [-0.39, 0.29) is 56.0 Å². The van der Waals surface area contributed by atoms with Crippen molar-refractivity contribution >= 4 is 39.6 Å². The Morgan fingerprint density at radius 3 is 1.56 bits per heavy atom. The van der Waals surface area contributed by atoms with Gasteiger partial charge < -0.3 is 47.7 Å². The highest BCUT2D eigenvalue weighted by atomic mass is 31.2. The number of nitrogens with one attached hydrogen (secondary N) is 1. The SMILES string of the molecule is CCCCCCCCCCCCC(CCCCCCCCCCCC)C(=O)O[C@H]1[C@H](OP(=O)(Oc2ccccc2)Oc2ccccc2)[C@@H](COC(=O)CCC(=O)N2CCOCC2)OC[C@@H]1NC(=O)C[C@@H](CCCCCCCCCCC)OCOCC[Si](C)(C)C. The molecular formula is C72H123N2O14PSi. The van der Waals surface area contributed by atoms with Gasteiger partial charge in [-0.05, 0) is 49.6 Å². The molecule has 2 heterocycles. The molecule has 514 valence electrons. The number of rotatable bonds is 54. The van der Waals surface area contributed by atoms with Crippen LogP contribution >= 0.6 is 7.82 Å². The number of phosphoric ester groups is 1. The number of amides is 2. The van der Waals surface area contributed by atoms with Crippen LogP contribution in [0.25, 0.3) is 0 Å². The van der Waals surface area contributed by atoms with E-state index in [1.54, 1.807) is 65.6 Å². The maximum Gasteiger partial charge on any atom is 0.588 e. The van der Waals surface area contributed by atoms with Crippen molar-refractivity contribution in [2.45, 2.75) is 302 Å². The maximum atomic E-state index is 15.6. The van der Waals surface area contributed by atoms with Crippen molar-refractivity contribution in [3.8, 4) is 11.5 Å². The summed E-state index contributed by atoms with van der Waals surface area (Å²) >= 11 is 0. The first kappa shape index (κ1) is 78.6. The van der Waals surface area contributed by atoms with Crippen molar-refractivity contribution in [1.82, 2.24) is 10.2 Å².